The second kappa shape index (κ2) is 10.3. The molecule has 0 bridgehead atoms. The lowest BCUT2D eigenvalue weighted by Gasteiger charge is -2.42. The summed E-state index contributed by atoms with van der Waals surface area (Å²) in [5.74, 6) is 1.67. The van der Waals surface area contributed by atoms with Gasteiger partial charge in [0.1, 0.15) is 12.4 Å². The van der Waals surface area contributed by atoms with Gasteiger partial charge in [0.05, 0.1) is 11.0 Å². The fourth-order valence-corrected chi connectivity index (χ4v) is 6.11. The number of hydrogen-bond donors (Lipinski definition) is 0. The Balaban J connectivity index is 1.49. The number of carbonyl (C=O) groups excluding carboxylic acids is 1. The zero-order valence-electron chi connectivity index (χ0n) is 20.9. The maximum Gasteiger partial charge on any atom is 0.243 e. The Morgan fingerprint density at radius 2 is 1.47 bits per heavy atom. The average Bonchev–Trinajstić information content (AvgIpc) is 3.24. The van der Waals surface area contributed by atoms with E-state index in [0.717, 1.165) is 48.1 Å². The molecule has 0 radical (unpaired) electrons. The van der Waals surface area contributed by atoms with Crippen LogP contribution in [0.3, 0.4) is 0 Å². The van der Waals surface area contributed by atoms with E-state index in [0.29, 0.717) is 24.5 Å². The van der Waals surface area contributed by atoms with Gasteiger partial charge in [0.2, 0.25) is 5.91 Å². The number of aromatic nitrogens is 2. The lowest BCUT2D eigenvalue weighted by Crippen LogP contribution is -2.50. The number of hydrogen-bond acceptors (Lipinski definition) is 2. The van der Waals surface area contributed by atoms with Crippen LogP contribution in [0.15, 0.2) is 48.5 Å². The van der Waals surface area contributed by atoms with E-state index in [2.05, 4.69) is 65.8 Å². The lowest BCUT2D eigenvalue weighted by molar-refractivity contribution is -0.138. The summed E-state index contributed by atoms with van der Waals surface area (Å²) < 4.78 is 2.17. The highest BCUT2D eigenvalue weighted by molar-refractivity contribution is 5.85. The molecule has 4 nitrogen and oxygen atoms in total. The van der Waals surface area contributed by atoms with Crippen LogP contribution in [0.1, 0.15) is 89.5 Å². The second-order valence-corrected chi connectivity index (χ2v) is 10.7. The van der Waals surface area contributed by atoms with Crippen LogP contribution in [0.25, 0.3) is 22.4 Å². The monoisotopic (exact) mass is 457 g/mol. The number of amides is 1. The molecule has 0 atom stereocenters. The van der Waals surface area contributed by atoms with Gasteiger partial charge in [-0.15, -0.1) is 0 Å². The Bertz CT molecular complexity index is 1080. The molecule has 34 heavy (non-hydrogen) atoms. The highest BCUT2D eigenvalue weighted by Gasteiger charge is 2.33. The third-order valence-electron chi connectivity index (χ3n) is 8.01. The minimum Gasteiger partial charge on any atom is -0.335 e. The van der Waals surface area contributed by atoms with Crippen molar-refractivity contribution < 1.29 is 4.79 Å². The first-order chi connectivity index (χ1) is 16.6. The third kappa shape index (κ3) is 4.78. The largest absolute Gasteiger partial charge is 0.335 e. The zero-order valence-corrected chi connectivity index (χ0v) is 20.9. The fourth-order valence-electron chi connectivity index (χ4n) is 6.11. The Labute approximate surface area is 204 Å². The molecule has 1 aromatic heterocycles. The van der Waals surface area contributed by atoms with Crippen molar-refractivity contribution in [1.82, 2.24) is 14.5 Å². The molecule has 2 aliphatic carbocycles. The van der Waals surface area contributed by atoms with Crippen molar-refractivity contribution in [2.24, 2.45) is 0 Å². The first kappa shape index (κ1) is 23.1. The maximum atomic E-state index is 14.1. The van der Waals surface area contributed by atoms with Crippen LogP contribution in [0.5, 0.6) is 0 Å². The molecule has 0 saturated heterocycles. The highest BCUT2D eigenvalue weighted by atomic mass is 16.2. The molecular formula is C30H39N3O. The Hall–Kier alpha value is -2.62. The number of carbonyl (C=O) groups is 1. The van der Waals surface area contributed by atoms with E-state index in [1.54, 1.807) is 0 Å². The first-order valence-corrected chi connectivity index (χ1v) is 13.5. The van der Waals surface area contributed by atoms with Gasteiger partial charge in [0.25, 0.3) is 0 Å². The molecule has 0 spiro atoms. The predicted octanol–water partition coefficient (Wildman–Crippen LogP) is 7.32. The van der Waals surface area contributed by atoms with Crippen LogP contribution in [0.2, 0.25) is 0 Å². The molecule has 3 aromatic rings. The van der Waals surface area contributed by atoms with E-state index in [1.165, 1.54) is 44.1 Å². The van der Waals surface area contributed by atoms with Gasteiger partial charge in [-0.05, 0) is 49.3 Å². The van der Waals surface area contributed by atoms with Crippen molar-refractivity contribution >= 4 is 16.9 Å². The van der Waals surface area contributed by atoms with Crippen LogP contribution in [0, 0.1) is 0 Å². The van der Waals surface area contributed by atoms with Gasteiger partial charge in [0.15, 0.2) is 0 Å². The zero-order chi connectivity index (χ0) is 23.5. The molecule has 0 unspecified atom stereocenters. The average molecular weight is 458 g/mol. The van der Waals surface area contributed by atoms with Gasteiger partial charge < -0.3 is 9.47 Å². The van der Waals surface area contributed by atoms with Crippen LogP contribution in [0.4, 0.5) is 0 Å². The molecule has 2 fully saturated rings. The number of fused-ring (bicyclic) bond motifs is 1. The maximum absolute atomic E-state index is 14.1. The van der Waals surface area contributed by atoms with Gasteiger partial charge in [-0.3, -0.25) is 4.79 Å². The summed E-state index contributed by atoms with van der Waals surface area (Å²) in [6.45, 7) is 4.80. The fraction of sp³-hybridized carbons (Fsp3) is 0.533. The van der Waals surface area contributed by atoms with Crippen molar-refractivity contribution in [2.45, 2.75) is 103 Å². The van der Waals surface area contributed by atoms with Crippen molar-refractivity contribution in [3.8, 4) is 11.4 Å². The predicted molar refractivity (Wildman–Crippen MR) is 140 cm³/mol. The van der Waals surface area contributed by atoms with Crippen LogP contribution in [-0.2, 0) is 11.3 Å². The number of rotatable bonds is 6. The minimum atomic E-state index is 0.280. The van der Waals surface area contributed by atoms with Gasteiger partial charge in [-0.2, -0.15) is 0 Å². The molecule has 5 rings (SSSR count). The Kier molecular flexibility index (Phi) is 7.03. The van der Waals surface area contributed by atoms with E-state index in [9.17, 15) is 4.79 Å². The number of benzene rings is 2. The topological polar surface area (TPSA) is 38.1 Å². The smallest absolute Gasteiger partial charge is 0.243 e. The standard InChI is InChI=1S/C30H39N3O/c1-22(2)23-17-19-24(20-18-23)30-31-27-15-9-10-16-28(27)32(30)21-29(34)33(25-11-5-3-6-12-25)26-13-7-4-8-14-26/h9-10,15-20,22,25-26H,3-8,11-14,21H2,1-2H3. The summed E-state index contributed by atoms with van der Waals surface area (Å²) >= 11 is 0. The summed E-state index contributed by atoms with van der Waals surface area (Å²) in [5.41, 5.74) is 4.41. The van der Waals surface area contributed by atoms with E-state index in [1.807, 2.05) is 6.07 Å². The van der Waals surface area contributed by atoms with Crippen molar-refractivity contribution in [3.05, 3.63) is 54.1 Å². The van der Waals surface area contributed by atoms with E-state index in [4.69, 9.17) is 4.98 Å². The second-order valence-electron chi connectivity index (χ2n) is 10.7. The van der Waals surface area contributed by atoms with E-state index < -0.39 is 0 Å². The van der Waals surface area contributed by atoms with Crippen molar-refractivity contribution in [2.75, 3.05) is 0 Å². The van der Waals surface area contributed by atoms with Gasteiger partial charge in [-0.1, -0.05) is 88.8 Å². The molecular weight excluding hydrogens is 418 g/mol. The molecule has 4 heteroatoms. The Morgan fingerprint density at radius 3 is 2.06 bits per heavy atom. The first-order valence-electron chi connectivity index (χ1n) is 13.5. The van der Waals surface area contributed by atoms with E-state index in [-0.39, 0.29) is 5.91 Å². The molecule has 1 heterocycles. The summed E-state index contributed by atoms with van der Waals surface area (Å²) in [4.78, 5) is 21.4. The van der Waals surface area contributed by atoms with Gasteiger partial charge in [0, 0.05) is 17.6 Å². The molecule has 0 aliphatic heterocycles. The Morgan fingerprint density at radius 1 is 0.882 bits per heavy atom. The van der Waals surface area contributed by atoms with Gasteiger partial charge in [-0.25, -0.2) is 4.98 Å². The third-order valence-corrected chi connectivity index (χ3v) is 8.01. The summed E-state index contributed by atoms with van der Waals surface area (Å²) in [6.07, 6.45) is 12.3. The van der Waals surface area contributed by atoms with E-state index >= 15 is 0 Å². The quantitative estimate of drug-likeness (QED) is 0.389. The van der Waals surface area contributed by atoms with Crippen LogP contribution >= 0.6 is 0 Å². The minimum absolute atomic E-state index is 0.280. The van der Waals surface area contributed by atoms with Crippen molar-refractivity contribution in [1.29, 1.82) is 0 Å². The molecule has 180 valence electrons. The molecule has 2 aliphatic rings. The number of imidazole rings is 1. The van der Waals surface area contributed by atoms with Crippen molar-refractivity contribution in [3.63, 3.8) is 0 Å². The lowest BCUT2D eigenvalue weighted by atomic mass is 9.88. The van der Waals surface area contributed by atoms with Crippen LogP contribution in [-0.4, -0.2) is 32.4 Å². The number of para-hydroxylation sites is 2. The molecule has 1 amide bonds. The summed E-state index contributed by atoms with van der Waals surface area (Å²) in [7, 11) is 0. The van der Waals surface area contributed by atoms with Crippen LogP contribution < -0.4 is 0 Å². The molecule has 2 aromatic carbocycles. The summed E-state index contributed by atoms with van der Waals surface area (Å²) in [6, 6.07) is 17.8. The highest BCUT2D eigenvalue weighted by Crippen LogP contribution is 2.32. The summed E-state index contributed by atoms with van der Waals surface area (Å²) in [5, 5.41) is 0. The van der Waals surface area contributed by atoms with Gasteiger partial charge >= 0.3 is 0 Å². The molecule has 0 N–H and O–H groups in total. The normalized spacial score (nSPS) is 18.0. The number of nitrogens with zero attached hydrogens (tertiary/aromatic N) is 3. The molecule has 2 saturated carbocycles. The SMILES string of the molecule is CC(C)c1ccc(-c2nc3ccccc3n2CC(=O)N(C2CCCCC2)C2CCCCC2)cc1.